The topological polar surface area (TPSA) is 86.0 Å². The van der Waals surface area contributed by atoms with Crippen molar-refractivity contribution in [3.63, 3.8) is 0 Å². The normalized spacial score (nSPS) is 11.1. The van der Waals surface area contributed by atoms with Gasteiger partial charge in [0.1, 0.15) is 16.8 Å². The SMILES string of the molecule is CCOc1ccc(-c2cc(C(F)(F)F)c(C#N)c(SCCC(=O)[O-])n2)cc1. The summed E-state index contributed by atoms with van der Waals surface area (Å²) < 4.78 is 45.5. The first-order valence-corrected chi connectivity index (χ1v) is 8.83. The van der Waals surface area contributed by atoms with Gasteiger partial charge in [-0.2, -0.15) is 18.4 Å². The number of aliphatic carboxylic acids is 1. The molecule has 27 heavy (non-hydrogen) atoms. The molecule has 1 aromatic carbocycles. The van der Waals surface area contributed by atoms with Gasteiger partial charge in [-0.15, -0.1) is 11.8 Å². The summed E-state index contributed by atoms with van der Waals surface area (Å²) in [5.41, 5.74) is -1.30. The van der Waals surface area contributed by atoms with Crippen LogP contribution in [0.15, 0.2) is 35.4 Å². The highest BCUT2D eigenvalue weighted by atomic mass is 32.2. The molecule has 0 aliphatic carbocycles. The fourth-order valence-corrected chi connectivity index (χ4v) is 3.15. The summed E-state index contributed by atoms with van der Waals surface area (Å²) in [5.74, 6) is -0.831. The Bertz CT molecular complexity index is 862. The van der Waals surface area contributed by atoms with Crippen LogP contribution >= 0.6 is 11.8 Å². The first kappa shape index (κ1) is 20.6. The van der Waals surface area contributed by atoms with Crippen LogP contribution in [0.2, 0.25) is 0 Å². The van der Waals surface area contributed by atoms with Gasteiger partial charge in [0.05, 0.1) is 23.4 Å². The third kappa shape index (κ3) is 5.37. The van der Waals surface area contributed by atoms with Crippen molar-refractivity contribution in [3.8, 4) is 23.1 Å². The number of carbonyl (C=O) groups is 1. The number of rotatable bonds is 7. The number of hydrogen-bond donors (Lipinski definition) is 0. The van der Waals surface area contributed by atoms with E-state index in [1.807, 2.05) is 6.92 Å². The fourth-order valence-electron chi connectivity index (χ4n) is 2.23. The molecule has 0 N–H and O–H groups in total. The standard InChI is InChI=1S/C18H15F3N2O3S/c1-2-26-12-5-3-11(4-6-12)15-9-14(18(19,20)21)13(10-22)17(23-15)27-8-7-16(24)25/h3-6,9H,2,7-8H2,1H3,(H,24,25)/p-1. The molecular weight excluding hydrogens is 381 g/mol. The number of carboxylic acid groups (broad SMARTS) is 1. The number of carboxylic acids is 1. The number of thioether (sulfide) groups is 1. The summed E-state index contributed by atoms with van der Waals surface area (Å²) in [6, 6.07) is 8.68. The van der Waals surface area contributed by atoms with Crippen molar-refractivity contribution in [2.45, 2.75) is 24.5 Å². The Kier molecular flexibility index (Phi) is 6.69. The smallest absolute Gasteiger partial charge is 0.417 e. The van der Waals surface area contributed by atoms with Crippen LogP contribution in [-0.4, -0.2) is 23.3 Å². The average molecular weight is 395 g/mol. The Hall–Kier alpha value is -2.73. The Morgan fingerprint density at radius 3 is 2.52 bits per heavy atom. The largest absolute Gasteiger partial charge is 0.550 e. The zero-order valence-corrected chi connectivity index (χ0v) is 15.0. The van der Waals surface area contributed by atoms with E-state index in [9.17, 15) is 28.3 Å². The lowest BCUT2D eigenvalue weighted by atomic mass is 10.1. The first-order valence-electron chi connectivity index (χ1n) is 7.84. The van der Waals surface area contributed by atoms with Crippen molar-refractivity contribution < 1.29 is 27.8 Å². The first-order chi connectivity index (χ1) is 12.8. The molecule has 0 spiro atoms. The highest BCUT2D eigenvalue weighted by Crippen LogP contribution is 2.38. The van der Waals surface area contributed by atoms with E-state index in [0.29, 0.717) is 17.9 Å². The zero-order valence-electron chi connectivity index (χ0n) is 14.2. The number of halogens is 3. The lowest BCUT2D eigenvalue weighted by molar-refractivity contribution is -0.305. The van der Waals surface area contributed by atoms with E-state index < -0.39 is 23.3 Å². The number of alkyl halides is 3. The van der Waals surface area contributed by atoms with Crippen LogP contribution in [-0.2, 0) is 11.0 Å². The fraction of sp³-hybridized carbons (Fsp3) is 0.278. The minimum atomic E-state index is -4.75. The maximum atomic E-state index is 13.4. The van der Waals surface area contributed by atoms with Crippen LogP contribution in [0.5, 0.6) is 5.75 Å². The van der Waals surface area contributed by atoms with Crippen molar-refractivity contribution in [2.75, 3.05) is 12.4 Å². The quantitative estimate of drug-likeness (QED) is 0.669. The molecule has 1 aromatic heterocycles. The van der Waals surface area contributed by atoms with Crippen LogP contribution < -0.4 is 9.84 Å². The second-order valence-electron chi connectivity index (χ2n) is 5.27. The second-order valence-corrected chi connectivity index (χ2v) is 6.36. The number of carbonyl (C=O) groups excluding carboxylic acids is 1. The average Bonchev–Trinajstić information content (AvgIpc) is 2.61. The van der Waals surface area contributed by atoms with Gasteiger partial charge in [-0.3, -0.25) is 0 Å². The minimum absolute atomic E-state index is 0.0281. The predicted molar refractivity (Wildman–Crippen MR) is 90.9 cm³/mol. The van der Waals surface area contributed by atoms with Crippen molar-refractivity contribution in [3.05, 3.63) is 41.5 Å². The van der Waals surface area contributed by atoms with Crippen molar-refractivity contribution in [2.24, 2.45) is 0 Å². The molecule has 0 unspecified atom stereocenters. The van der Waals surface area contributed by atoms with Gasteiger partial charge < -0.3 is 14.6 Å². The molecule has 9 heteroatoms. The third-order valence-corrected chi connectivity index (χ3v) is 4.39. The van der Waals surface area contributed by atoms with E-state index in [2.05, 4.69) is 4.98 Å². The molecule has 5 nitrogen and oxygen atoms in total. The maximum absolute atomic E-state index is 13.4. The number of nitriles is 1. The van der Waals surface area contributed by atoms with Crippen LogP contribution in [0.25, 0.3) is 11.3 Å². The highest BCUT2D eigenvalue weighted by molar-refractivity contribution is 7.99. The van der Waals surface area contributed by atoms with Crippen LogP contribution in [0.3, 0.4) is 0 Å². The Morgan fingerprint density at radius 1 is 1.33 bits per heavy atom. The third-order valence-electron chi connectivity index (χ3n) is 3.41. The highest BCUT2D eigenvalue weighted by Gasteiger charge is 2.36. The Balaban J connectivity index is 2.50. The molecule has 1 heterocycles. The van der Waals surface area contributed by atoms with Gasteiger partial charge in [0.25, 0.3) is 0 Å². The molecule has 0 aliphatic rings. The van der Waals surface area contributed by atoms with E-state index in [-0.39, 0.29) is 22.9 Å². The van der Waals surface area contributed by atoms with Crippen molar-refractivity contribution in [1.82, 2.24) is 4.98 Å². The van der Waals surface area contributed by atoms with Crippen molar-refractivity contribution in [1.29, 1.82) is 5.26 Å². The molecule has 0 saturated carbocycles. The van der Waals surface area contributed by atoms with E-state index in [1.165, 1.54) is 6.07 Å². The van der Waals surface area contributed by atoms with Gasteiger partial charge in [0.2, 0.25) is 0 Å². The van der Waals surface area contributed by atoms with Crippen LogP contribution in [0, 0.1) is 11.3 Å². The number of pyridine rings is 1. The van der Waals surface area contributed by atoms with Crippen LogP contribution in [0.1, 0.15) is 24.5 Å². The molecule has 2 rings (SSSR count). The van der Waals surface area contributed by atoms with Gasteiger partial charge in [0, 0.05) is 17.3 Å². The molecule has 0 atom stereocenters. The summed E-state index contributed by atoms with van der Waals surface area (Å²) in [5, 5.41) is 19.6. The van der Waals surface area contributed by atoms with E-state index in [4.69, 9.17) is 4.74 Å². The lowest BCUT2D eigenvalue weighted by Gasteiger charge is -2.14. The lowest BCUT2D eigenvalue weighted by Crippen LogP contribution is -2.22. The molecule has 0 radical (unpaired) electrons. The number of ether oxygens (including phenoxy) is 1. The molecule has 0 amide bonds. The van der Waals surface area contributed by atoms with Gasteiger partial charge in [-0.1, -0.05) is 0 Å². The monoisotopic (exact) mass is 395 g/mol. The van der Waals surface area contributed by atoms with Gasteiger partial charge in [-0.25, -0.2) is 4.98 Å². The number of nitrogens with zero attached hydrogens (tertiary/aromatic N) is 2. The predicted octanol–water partition coefficient (Wildman–Crippen LogP) is 3.27. The maximum Gasteiger partial charge on any atom is 0.417 e. The molecular formula is C18H14F3N2O3S-. The number of benzene rings is 1. The van der Waals surface area contributed by atoms with Gasteiger partial charge in [-0.05, 0) is 43.7 Å². The molecule has 0 saturated heterocycles. The van der Waals surface area contributed by atoms with E-state index in [0.717, 1.165) is 17.8 Å². The minimum Gasteiger partial charge on any atom is -0.550 e. The second kappa shape index (κ2) is 8.77. The zero-order chi connectivity index (χ0) is 20.0. The summed E-state index contributed by atoms with van der Waals surface area (Å²) in [6.45, 7) is 2.26. The molecule has 0 fully saturated rings. The van der Waals surface area contributed by atoms with Crippen molar-refractivity contribution >= 4 is 17.7 Å². The molecule has 142 valence electrons. The summed E-state index contributed by atoms with van der Waals surface area (Å²) in [7, 11) is 0. The van der Waals surface area contributed by atoms with Crippen LogP contribution in [0.4, 0.5) is 13.2 Å². The van der Waals surface area contributed by atoms with Gasteiger partial charge in [0.15, 0.2) is 0 Å². The number of aromatic nitrogens is 1. The molecule has 0 aliphatic heterocycles. The van der Waals surface area contributed by atoms with E-state index in [1.54, 1.807) is 24.3 Å². The Morgan fingerprint density at radius 2 is 2.00 bits per heavy atom. The summed E-state index contributed by atoms with van der Waals surface area (Å²) in [6.07, 6.45) is -5.12. The van der Waals surface area contributed by atoms with E-state index >= 15 is 0 Å². The van der Waals surface area contributed by atoms with Gasteiger partial charge >= 0.3 is 6.18 Å². The summed E-state index contributed by atoms with van der Waals surface area (Å²) >= 11 is 0.771. The number of hydrogen-bond acceptors (Lipinski definition) is 6. The molecule has 2 aromatic rings. The summed E-state index contributed by atoms with van der Waals surface area (Å²) in [4.78, 5) is 14.7. The Labute approximate surface area is 157 Å². The molecule has 0 bridgehead atoms.